The molecule has 1 amide bonds. The maximum Gasteiger partial charge on any atom is 0.233 e. The predicted octanol–water partition coefficient (Wildman–Crippen LogP) is 1.85. The Morgan fingerprint density at radius 2 is 2.12 bits per heavy atom. The molecule has 0 bridgehead atoms. The van der Waals surface area contributed by atoms with Gasteiger partial charge in [0.2, 0.25) is 5.91 Å². The fourth-order valence-corrected chi connectivity index (χ4v) is 3.67. The molecule has 0 aliphatic carbocycles. The number of ether oxygens (including phenoxy) is 2. The lowest BCUT2D eigenvalue weighted by Gasteiger charge is -2.26. The van der Waals surface area contributed by atoms with E-state index in [0.717, 1.165) is 16.5 Å². The molecule has 8 heteroatoms. The fourth-order valence-electron chi connectivity index (χ4n) is 2.81. The monoisotopic (exact) mass is 376 g/mol. The first-order valence-electron chi connectivity index (χ1n) is 8.66. The number of aryl methyl sites for hydroxylation is 1. The molecule has 2 aromatic rings. The van der Waals surface area contributed by atoms with E-state index in [-0.39, 0.29) is 5.91 Å². The van der Waals surface area contributed by atoms with Crippen LogP contribution in [0.3, 0.4) is 0 Å². The van der Waals surface area contributed by atoms with E-state index in [0.29, 0.717) is 45.2 Å². The van der Waals surface area contributed by atoms with E-state index in [2.05, 4.69) is 29.3 Å². The summed E-state index contributed by atoms with van der Waals surface area (Å²) >= 11 is 1.42. The van der Waals surface area contributed by atoms with Gasteiger partial charge in [-0.05, 0) is 13.0 Å². The zero-order valence-corrected chi connectivity index (χ0v) is 16.0. The number of carbonyl (C=O) groups excluding carboxylic acids is 1. The molecule has 1 fully saturated rings. The third-order valence-electron chi connectivity index (χ3n) is 4.20. The van der Waals surface area contributed by atoms with Crippen molar-refractivity contribution in [3.63, 3.8) is 0 Å². The highest BCUT2D eigenvalue weighted by Crippen LogP contribution is 2.25. The summed E-state index contributed by atoms with van der Waals surface area (Å²) < 4.78 is 12.6. The van der Waals surface area contributed by atoms with Gasteiger partial charge in [-0.3, -0.25) is 9.36 Å². The van der Waals surface area contributed by atoms with Crippen LogP contribution in [0.4, 0.5) is 0 Å². The zero-order valence-electron chi connectivity index (χ0n) is 15.2. The summed E-state index contributed by atoms with van der Waals surface area (Å²) in [5.74, 6) is 1.25. The molecule has 1 saturated heterocycles. The molecule has 0 atom stereocenters. The molecule has 0 spiro atoms. The van der Waals surface area contributed by atoms with Crippen LogP contribution in [0, 0.1) is 6.92 Å². The van der Waals surface area contributed by atoms with Gasteiger partial charge in [0.25, 0.3) is 0 Å². The molecule has 1 aromatic heterocycles. The minimum atomic E-state index is 0.108. The van der Waals surface area contributed by atoms with E-state index < -0.39 is 0 Å². The summed E-state index contributed by atoms with van der Waals surface area (Å²) in [5, 5.41) is 9.42. The van der Waals surface area contributed by atoms with Crippen molar-refractivity contribution >= 4 is 17.7 Å². The standard InChI is InChI=1S/C18H24N4O3S/c1-14-4-3-5-15(12-14)17-19-20-18(22(17)8-9-24-2)26-13-16(23)21-6-10-25-11-7-21/h3-5,12H,6-11,13H2,1-2H3. The highest BCUT2D eigenvalue weighted by molar-refractivity contribution is 7.99. The molecule has 0 radical (unpaired) electrons. The van der Waals surface area contributed by atoms with Crippen LogP contribution < -0.4 is 0 Å². The highest BCUT2D eigenvalue weighted by atomic mass is 32.2. The van der Waals surface area contributed by atoms with Gasteiger partial charge in [-0.1, -0.05) is 35.5 Å². The first-order valence-corrected chi connectivity index (χ1v) is 9.65. The molecule has 0 N–H and O–H groups in total. The molecule has 0 unspecified atom stereocenters. The second kappa shape index (κ2) is 9.16. The maximum atomic E-state index is 12.4. The lowest BCUT2D eigenvalue weighted by Crippen LogP contribution is -2.41. The summed E-state index contributed by atoms with van der Waals surface area (Å²) in [4.78, 5) is 14.2. The van der Waals surface area contributed by atoms with Crippen LogP contribution in [-0.2, 0) is 20.8 Å². The Balaban J connectivity index is 1.74. The largest absolute Gasteiger partial charge is 0.383 e. The van der Waals surface area contributed by atoms with Gasteiger partial charge in [-0.15, -0.1) is 10.2 Å². The molecule has 1 aliphatic heterocycles. The SMILES string of the molecule is COCCn1c(SCC(=O)N2CCOCC2)nnc1-c1cccc(C)c1. The van der Waals surface area contributed by atoms with E-state index in [4.69, 9.17) is 9.47 Å². The molecular weight excluding hydrogens is 352 g/mol. The first kappa shape index (κ1) is 18.9. The summed E-state index contributed by atoms with van der Waals surface area (Å²) in [6.45, 7) is 5.78. The number of morpholine rings is 1. The highest BCUT2D eigenvalue weighted by Gasteiger charge is 2.20. The van der Waals surface area contributed by atoms with Crippen LogP contribution in [0.5, 0.6) is 0 Å². The van der Waals surface area contributed by atoms with Crippen LogP contribution in [0.1, 0.15) is 5.56 Å². The molecule has 3 rings (SSSR count). The molecule has 1 aliphatic rings. The predicted molar refractivity (Wildman–Crippen MR) is 100 cm³/mol. The van der Waals surface area contributed by atoms with Crippen LogP contribution in [0.2, 0.25) is 0 Å². The quantitative estimate of drug-likeness (QED) is 0.687. The minimum absolute atomic E-state index is 0.108. The van der Waals surface area contributed by atoms with E-state index in [1.165, 1.54) is 17.3 Å². The topological polar surface area (TPSA) is 69.5 Å². The summed E-state index contributed by atoms with van der Waals surface area (Å²) in [5.41, 5.74) is 2.18. The van der Waals surface area contributed by atoms with Crippen molar-refractivity contribution in [2.75, 3.05) is 45.8 Å². The first-order chi connectivity index (χ1) is 12.7. The number of methoxy groups -OCH3 is 1. The van der Waals surface area contributed by atoms with Gasteiger partial charge in [0.05, 0.1) is 32.1 Å². The third-order valence-corrected chi connectivity index (χ3v) is 5.15. The number of amides is 1. The number of carbonyl (C=O) groups is 1. The van der Waals surface area contributed by atoms with Crippen LogP contribution in [0.15, 0.2) is 29.4 Å². The van der Waals surface area contributed by atoms with Gasteiger partial charge in [0.1, 0.15) is 0 Å². The lowest BCUT2D eigenvalue weighted by molar-refractivity contribution is -0.132. The number of thioether (sulfide) groups is 1. The Bertz CT molecular complexity index is 744. The van der Waals surface area contributed by atoms with E-state index in [1.807, 2.05) is 21.6 Å². The normalized spacial score (nSPS) is 14.6. The van der Waals surface area contributed by atoms with Crippen molar-refractivity contribution in [2.45, 2.75) is 18.6 Å². The molecule has 26 heavy (non-hydrogen) atoms. The van der Waals surface area contributed by atoms with Crippen LogP contribution >= 0.6 is 11.8 Å². The van der Waals surface area contributed by atoms with Crippen LogP contribution in [0.25, 0.3) is 11.4 Å². The number of nitrogens with zero attached hydrogens (tertiary/aromatic N) is 4. The van der Waals surface area contributed by atoms with Crippen molar-refractivity contribution in [3.8, 4) is 11.4 Å². The zero-order chi connectivity index (χ0) is 18.4. The van der Waals surface area contributed by atoms with Gasteiger partial charge in [0.15, 0.2) is 11.0 Å². The molecule has 7 nitrogen and oxygen atoms in total. The summed E-state index contributed by atoms with van der Waals surface area (Å²) in [6.07, 6.45) is 0. The average molecular weight is 376 g/mol. The molecule has 140 valence electrons. The number of hydrogen-bond donors (Lipinski definition) is 0. The summed E-state index contributed by atoms with van der Waals surface area (Å²) in [6, 6.07) is 8.17. The smallest absolute Gasteiger partial charge is 0.233 e. The minimum Gasteiger partial charge on any atom is -0.383 e. The van der Waals surface area contributed by atoms with E-state index in [9.17, 15) is 4.79 Å². The van der Waals surface area contributed by atoms with E-state index in [1.54, 1.807) is 7.11 Å². The molecular formula is C18H24N4O3S. The van der Waals surface area contributed by atoms with Crippen molar-refractivity contribution in [2.24, 2.45) is 0 Å². The number of benzene rings is 1. The van der Waals surface area contributed by atoms with Crippen molar-refractivity contribution in [1.29, 1.82) is 0 Å². The molecule has 2 heterocycles. The van der Waals surface area contributed by atoms with E-state index >= 15 is 0 Å². The number of hydrogen-bond acceptors (Lipinski definition) is 6. The number of rotatable bonds is 7. The maximum absolute atomic E-state index is 12.4. The molecule has 1 aromatic carbocycles. The van der Waals surface area contributed by atoms with Gasteiger partial charge in [0, 0.05) is 25.8 Å². The Labute approximate surface area is 157 Å². The van der Waals surface area contributed by atoms with Gasteiger partial charge in [-0.25, -0.2) is 0 Å². The summed E-state index contributed by atoms with van der Waals surface area (Å²) in [7, 11) is 1.67. The van der Waals surface area contributed by atoms with Crippen molar-refractivity contribution in [3.05, 3.63) is 29.8 Å². The second-order valence-corrected chi connectivity index (χ2v) is 7.04. The van der Waals surface area contributed by atoms with Crippen LogP contribution in [-0.4, -0.2) is 71.3 Å². The Hall–Kier alpha value is -1.90. The average Bonchev–Trinajstić information content (AvgIpc) is 3.08. The molecule has 0 saturated carbocycles. The van der Waals surface area contributed by atoms with Crippen molar-refractivity contribution < 1.29 is 14.3 Å². The van der Waals surface area contributed by atoms with Gasteiger partial charge < -0.3 is 14.4 Å². The third kappa shape index (κ3) is 4.63. The number of aromatic nitrogens is 3. The fraction of sp³-hybridized carbons (Fsp3) is 0.500. The Morgan fingerprint density at radius 3 is 2.85 bits per heavy atom. The Morgan fingerprint density at radius 1 is 1.31 bits per heavy atom. The van der Waals surface area contributed by atoms with Gasteiger partial charge >= 0.3 is 0 Å². The lowest BCUT2D eigenvalue weighted by atomic mass is 10.1. The Kier molecular flexibility index (Phi) is 6.65. The van der Waals surface area contributed by atoms with Gasteiger partial charge in [-0.2, -0.15) is 0 Å². The van der Waals surface area contributed by atoms with Crippen molar-refractivity contribution in [1.82, 2.24) is 19.7 Å². The second-order valence-electron chi connectivity index (χ2n) is 6.10.